The van der Waals surface area contributed by atoms with Gasteiger partial charge < -0.3 is 14.9 Å². The topological polar surface area (TPSA) is 49.7 Å². The monoisotopic (exact) mass is 342 g/mol. The highest BCUT2D eigenvalue weighted by Crippen LogP contribution is 2.76. The molecule has 1 aromatic carbocycles. The minimum Gasteiger partial charge on any atom is -0.504 e. The van der Waals surface area contributed by atoms with Crippen molar-refractivity contribution in [1.82, 2.24) is 0 Å². The number of allylic oxidation sites excluding steroid dienone is 2. The lowest BCUT2D eigenvalue weighted by Crippen LogP contribution is -2.66. The lowest BCUT2D eigenvalue weighted by atomic mass is 9.32. The van der Waals surface area contributed by atoms with E-state index < -0.39 is 0 Å². The summed E-state index contributed by atoms with van der Waals surface area (Å²) in [5.41, 5.74) is 2.97. The van der Waals surface area contributed by atoms with Crippen LogP contribution in [0.3, 0.4) is 0 Å². The van der Waals surface area contributed by atoms with Gasteiger partial charge in [-0.3, -0.25) is 0 Å². The van der Waals surface area contributed by atoms with Gasteiger partial charge in [-0.1, -0.05) is 38.0 Å². The van der Waals surface area contributed by atoms with Crippen LogP contribution in [0, 0.1) is 28.6 Å². The Kier molecular flexibility index (Phi) is 3.74. The summed E-state index contributed by atoms with van der Waals surface area (Å²) < 4.78 is 5.36. The van der Waals surface area contributed by atoms with Crippen molar-refractivity contribution < 1.29 is 14.9 Å². The van der Waals surface area contributed by atoms with Crippen LogP contribution >= 0.6 is 0 Å². The highest BCUT2D eigenvalue weighted by atomic mass is 16.5. The van der Waals surface area contributed by atoms with E-state index in [1.165, 1.54) is 24.0 Å². The lowest BCUT2D eigenvalue weighted by Gasteiger charge is -2.72. The second kappa shape index (κ2) is 5.51. The highest BCUT2D eigenvalue weighted by Gasteiger charge is 2.69. The van der Waals surface area contributed by atoms with Crippen LogP contribution in [-0.4, -0.2) is 23.9 Å². The molecule has 0 amide bonds. The van der Waals surface area contributed by atoms with Crippen LogP contribution in [-0.2, 0) is 0 Å². The summed E-state index contributed by atoms with van der Waals surface area (Å²) >= 11 is 0. The number of phenolic OH excluding ortho intramolecular Hbond substituents is 1. The average Bonchev–Trinajstić information content (AvgIpc) is 2.58. The van der Waals surface area contributed by atoms with Gasteiger partial charge in [0.15, 0.2) is 11.5 Å². The predicted molar refractivity (Wildman–Crippen MR) is 98.8 cm³/mol. The second-order valence-electron chi connectivity index (χ2n) is 8.86. The van der Waals surface area contributed by atoms with Gasteiger partial charge in [-0.15, -0.1) is 0 Å². The molecular formula is C22H30O3. The van der Waals surface area contributed by atoms with Crippen molar-refractivity contribution in [2.45, 2.75) is 46.0 Å². The summed E-state index contributed by atoms with van der Waals surface area (Å²) in [6.45, 7) is 7.27. The van der Waals surface area contributed by atoms with E-state index in [9.17, 15) is 10.2 Å². The van der Waals surface area contributed by atoms with Gasteiger partial charge in [-0.25, -0.2) is 0 Å². The zero-order chi connectivity index (χ0) is 18.0. The molecule has 0 spiro atoms. The molecule has 2 saturated carbocycles. The lowest BCUT2D eigenvalue weighted by molar-refractivity contribution is -0.195. The van der Waals surface area contributed by atoms with Crippen molar-refractivity contribution in [3.63, 3.8) is 0 Å². The van der Waals surface area contributed by atoms with Crippen molar-refractivity contribution in [2.75, 3.05) is 13.7 Å². The van der Waals surface area contributed by atoms with E-state index in [0.29, 0.717) is 36.0 Å². The molecule has 0 heterocycles. The molecule has 25 heavy (non-hydrogen) atoms. The summed E-state index contributed by atoms with van der Waals surface area (Å²) in [6.07, 6.45) is 5.94. The summed E-state index contributed by atoms with van der Waals surface area (Å²) in [7, 11) is 1.61. The number of hydrogen-bond donors (Lipinski definition) is 2. The van der Waals surface area contributed by atoms with Crippen LogP contribution in [0.1, 0.15) is 51.5 Å². The predicted octanol–water partition coefficient (Wildman–Crippen LogP) is 4.50. The van der Waals surface area contributed by atoms with Gasteiger partial charge >= 0.3 is 0 Å². The molecular weight excluding hydrogens is 312 g/mol. The summed E-state index contributed by atoms with van der Waals surface area (Å²) in [4.78, 5) is 0. The number of rotatable bonds is 3. The van der Waals surface area contributed by atoms with Crippen LogP contribution in [0.15, 0.2) is 29.8 Å². The number of methoxy groups -OCH3 is 1. The number of hydrogen-bond acceptors (Lipinski definition) is 3. The Hall–Kier alpha value is -1.48. The molecule has 1 aromatic rings. The highest BCUT2D eigenvalue weighted by molar-refractivity contribution is 5.47. The summed E-state index contributed by atoms with van der Waals surface area (Å²) in [5, 5.41) is 20.4. The standard InChI is InChI=1S/C22H30O3/c1-13-10-14(2)22(12-23)9-5-8-21(3)19(18(13)20(21)22)15-6-7-16(24)17(11-15)25-4/h6-7,10-11,14,18-20,23-24H,5,8-9,12H2,1-4H3/t14-,18-,19+,20?,21?,22+/m0/s1. The molecule has 3 heteroatoms. The first-order valence-electron chi connectivity index (χ1n) is 9.55. The van der Waals surface area contributed by atoms with Crippen LogP contribution in [0.4, 0.5) is 0 Å². The number of phenols is 1. The summed E-state index contributed by atoms with van der Waals surface area (Å²) in [5.74, 6) is 2.66. The Bertz CT molecular complexity index is 724. The third-order valence-corrected chi connectivity index (χ3v) is 7.92. The Morgan fingerprint density at radius 1 is 1.28 bits per heavy atom. The maximum atomic E-state index is 10.4. The van der Waals surface area contributed by atoms with E-state index in [1.54, 1.807) is 13.2 Å². The molecule has 0 bridgehead atoms. The van der Waals surface area contributed by atoms with Gasteiger partial charge in [0.1, 0.15) is 0 Å². The fourth-order valence-electron chi connectivity index (χ4n) is 6.87. The van der Waals surface area contributed by atoms with E-state index in [1.807, 2.05) is 6.07 Å². The molecule has 2 unspecified atom stereocenters. The summed E-state index contributed by atoms with van der Waals surface area (Å²) in [6, 6.07) is 5.84. The quantitative estimate of drug-likeness (QED) is 0.796. The van der Waals surface area contributed by atoms with Crippen molar-refractivity contribution in [3.8, 4) is 11.5 Å². The average molecular weight is 342 g/mol. The Morgan fingerprint density at radius 2 is 2.04 bits per heavy atom. The van der Waals surface area contributed by atoms with E-state index in [4.69, 9.17) is 4.74 Å². The first-order valence-corrected chi connectivity index (χ1v) is 9.55. The molecule has 2 N–H and O–H groups in total. The molecule has 4 rings (SSSR count). The third-order valence-electron chi connectivity index (χ3n) is 7.92. The van der Waals surface area contributed by atoms with E-state index in [2.05, 4.69) is 32.9 Å². The third kappa shape index (κ3) is 2.02. The number of ether oxygens (including phenoxy) is 1. The van der Waals surface area contributed by atoms with Gasteiger partial charge in [0.2, 0.25) is 0 Å². The zero-order valence-electron chi connectivity index (χ0n) is 15.7. The second-order valence-corrected chi connectivity index (χ2v) is 8.86. The van der Waals surface area contributed by atoms with Gasteiger partial charge in [0.25, 0.3) is 0 Å². The normalized spacial score (nSPS) is 42.2. The first-order chi connectivity index (χ1) is 11.9. The van der Waals surface area contributed by atoms with Crippen LogP contribution in [0.2, 0.25) is 0 Å². The molecule has 136 valence electrons. The largest absolute Gasteiger partial charge is 0.504 e. The fourth-order valence-corrected chi connectivity index (χ4v) is 6.87. The van der Waals surface area contributed by atoms with Gasteiger partial charge in [0, 0.05) is 12.0 Å². The maximum Gasteiger partial charge on any atom is 0.160 e. The van der Waals surface area contributed by atoms with Gasteiger partial charge in [-0.2, -0.15) is 0 Å². The van der Waals surface area contributed by atoms with Crippen LogP contribution in [0.5, 0.6) is 11.5 Å². The molecule has 0 saturated heterocycles. The minimum atomic E-state index is 0.0364. The molecule has 3 aliphatic carbocycles. The van der Waals surface area contributed by atoms with Crippen molar-refractivity contribution in [1.29, 1.82) is 0 Å². The van der Waals surface area contributed by atoms with Crippen molar-refractivity contribution >= 4 is 0 Å². The van der Waals surface area contributed by atoms with E-state index in [-0.39, 0.29) is 16.6 Å². The zero-order valence-corrected chi connectivity index (χ0v) is 15.7. The Labute approximate surface area is 150 Å². The molecule has 0 radical (unpaired) electrons. The molecule has 2 fully saturated rings. The number of aromatic hydroxyl groups is 1. The van der Waals surface area contributed by atoms with Crippen LogP contribution in [0.25, 0.3) is 0 Å². The maximum absolute atomic E-state index is 10.4. The number of aliphatic hydroxyl groups excluding tert-OH is 1. The molecule has 6 atom stereocenters. The minimum absolute atomic E-state index is 0.0364. The SMILES string of the molecule is COc1cc([C@@H]2[C@@H]3C(C)=C[C@H](C)[C@]4(CO)CCCC2(C)C34)ccc1O. The smallest absolute Gasteiger partial charge is 0.160 e. The van der Waals surface area contributed by atoms with Gasteiger partial charge in [-0.05, 0) is 66.5 Å². The number of aliphatic hydroxyl groups is 1. The Morgan fingerprint density at radius 3 is 2.72 bits per heavy atom. The molecule has 0 aliphatic heterocycles. The van der Waals surface area contributed by atoms with Crippen molar-refractivity contribution in [2.24, 2.45) is 28.6 Å². The molecule has 3 nitrogen and oxygen atoms in total. The van der Waals surface area contributed by atoms with E-state index in [0.717, 1.165) is 6.42 Å². The molecule has 0 aromatic heterocycles. The Balaban J connectivity index is 1.83. The van der Waals surface area contributed by atoms with Gasteiger partial charge in [0.05, 0.1) is 7.11 Å². The molecule has 3 aliphatic rings. The number of benzene rings is 1. The van der Waals surface area contributed by atoms with Crippen molar-refractivity contribution in [3.05, 3.63) is 35.4 Å². The van der Waals surface area contributed by atoms with E-state index >= 15 is 0 Å². The first kappa shape index (κ1) is 17.0. The van der Waals surface area contributed by atoms with Crippen LogP contribution < -0.4 is 4.74 Å². The fraction of sp³-hybridized carbons (Fsp3) is 0.636.